The summed E-state index contributed by atoms with van der Waals surface area (Å²) in [5.41, 5.74) is 0. The summed E-state index contributed by atoms with van der Waals surface area (Å²) in [6.07, 6.45) is 0. The van der Waals surface area contributed by atoms with E-state index in [1.165, 1.54) is 0 Å². The molecule has 0 aromatic heterocycles. The maximum atomic E-state index is 8.36. The average Bonchev–Trinajstić information content (AvgIpc) is 1.27. The molecule has 10 heavy (non-hydrogen) atoms. The molecule has 0 aromatic rings. The van der Waals surface area contributed by atoms with Gasteiger partial charge >= 0.3 is 38.6 Å². The average molecular weight is 196 g/mol. The summed E-state index contributed by atoms with van der Waals surface area (Å²) in [7, 11) is -4.61. The van der Waals surface area contributed by atoms with Crippen LogP contribution in [0, 0.1) is 0 Å². The molecule has 0 heterocycles. The molecule has 0 radical (unpaired) electrons. The third-order valence-electron chi connectivity index (χ3n) is 0. The molecule has 0 spiro atoms. The van der Waals surface area contributed by atoms with E-state index >= 15 is 0 Å². The van der Waals surface area contributed by atoms with Crippen LogP contribution in [0.1, 0.15) is 0 Å². The van der Waals surface area contributed by atoms with Crippen LogP contribution < -0.4 is 0 Å². The SMILES string of the molecule is O=CO.O[Si](O)(O)O.[AlH3].[NaH]. The van der Waals surface area contributed by atoms with Gasteiger partial charge in [-0.2, -0.15) is 0 Å². The van der Waals surface area contributed by atoms with Crippen molar-refractivity contribution in [3.05, 3.63) is 0 Å². The molecule has 0 atom stereocenters. The van der Waals surface area contributed by atoms with Gasteiger partial charge in [0.1, 0.15) is 0 Å². The summed E-state index contributed by atoms with van der Waals surface area (Å²) in [5.74, 6) is 0. The first kappa shape index (κ1) is 22.5. The zero-order chi connectivity index (χ0) is 7.21. The van der Waals surface area contributed by atoms with Crippen LogP contribution in [0.3, 0.4) is 0 Å². The van der Waals surface area contributed by atoms with E-state index in [-0.39, 0.29) is 53.4 Å². The summed E-state index contributed by atoms with van der Waals surface area (Å²) in [6, 6.07) is 0. The minimum absolute atomic E-state index is 0. The van der Waals surface area contributed by atoms with E-state index in [0.717, 1.165) is 0 Å². The van der Waals surface area contributed by atoms with Gasteiger partial charge in [-0.05, 0) is 0 Å². The van der Waals surface area contributed by atoms with Crippen molar-refractivity contribution < 1.29 is 29.1 Å². The molecule has 9 heteroatoms. The first-order chi connectivity index (χ1) is 3.41. The summed E-state index contributed by atoms with van der Waals surface area (Å²) in [4.78, 5) is 37.7. The fourth-order valence-corrected chi connectivity index (χ4v) is 0. The van der Waals surface area contributed by atoms with Gasteiger partial charge in [-0.15, -0.1) is 0 Å². The Bertz CT molecular complexity index is 57.3. The Morgan fingerprint density at radius 1 is 1.10 bits per heavy atom. The van der Waals surface area contributed by atoms with Crippen LogP contribution in [-0.2, 0) is 4.79 Å². The first-order valence-corrected chi connectivity index (χ1v) is 3.18. The summed E-state index contributed by atoms with van der Waals surface area (Å²) >= 11 is 0. The minimum atomic E-state index is -4.61. The summed E-state index contributed by atoms with van der Waals surface area (Å²) in [6.45, 7) is -0.250. The third-order valence-corrected chi connectivity index (χ3v) is 0. The first-order valence-electron chi connectivity index (χ1n) is 1.39. The van der Waals surface area contributed by atoms with Crippen LogP contribution in [0.4, 0.5) is 0 Å². The van der Waals surface area contributed by atoms with Gasteiger partial charge in [0.25, 0.3) is 6.47 Å². The molecule has 0 fully saturated rings. The maximum absolute atomic E-state index is 8.36. The Balaban J connectivity index is -0.0000000326. The standard InChI is InChI=1S/CH2O2.Al.Na.H4O4Si.4H/c2-1-3;;;1-5(2,3)4;;;;/h1H,(H,2,3);;;1-4H;;;;. The third kappa shape index (κ3) is 524. The Hall–Kier alpha value is 1.06. The normalized spacial score (nSPS) is 7.20. The van der Waals surface area contributed by atoms with Crippen molar-refractivity contribution in [1.82, 2.24) is 0 Å². The molecule has 0 bridgehead atoms. The van der Waals surface area contributed by atoms with E-state index in [2.05, 4.69) is 0 Å². The van der Waals surface area contributed by atoms with Crippen molar-refractivity contribution in [2.45, 2.75) is 0 Å². The second-order valence-electron chi connectivity index (χ2n) is 0.705. The van der Waals surface area contributed by atoms with E-state index in [9.17, 15) is 0 Å². The van der Waals surface area contributed by atoms with Crippen LogP contribution in [0.15, 0.2) is 0 Å². The van der Waals surface area contributed by atoms with Crippen molar-refractivity contribution in [2.24, 2.45) is 0 Å². The van der Waals surface area contributed by atoms with Crippen molar-refractivity contribution >= 4 is 62.4 Å². The van der Waals surface area contributed by atoms with E-state index in [4.69, 9.17) is 29.1 Å². The second kappa shape index (κ2) is 12.7. The van der Waals surface area contributed by atoms with Gasteiger partial charge in [0.05, 0.1) is 0 Å². The van der Waals surface area contributed by atoms with Gasteiger partial charge in [0.15, 0.2) is 17.4 Å². The number of carboxylic acid groups (broad SMARTS) is 1. The Labute approximate surface area is 91.0 Å². The summed E-state index contributed by atoms with van der Waals surface area (Å²) in [5, 5.41) is 6.89. The number of hydrogen-bond acceptors (Lipinski definition) is 5. The number of carbonyl (C=O) groups is 1. The Morgan fingerprint density at radius 2 is 1.10 bits per heavy atom. The molecule has 0 aliphatic rings. The molecule has 0 aliphatic heterocycles. The van der Waals surface area contributed by atoms with Gasteiger partial charge in [0.2, 0.25) is 0 Å². The van der Waals surface area contributed by atoms with Gasteiger partial charge in [-0.1, -0.05) is 0 Å². The second-order valence-corrected chi connectivity index (χ2v) is 1.91. The van der Waals surface area contributed by atoms with E-state index in [1.807, 2.05) is 0 Å². The molecule has 5 N–H and O–H groups in total. The Kier molecular flexibility index (Phi) is 28.5. The number of rotatable bonds is 0. The fraction of sp³-hybridized carbons (Fsp3) is 0. The van der Waals surface area contributed by atoms with Gasteiger partial charge in [0, 0.05) is 0 Å². The molecular formula is CH10AlNaO6Si. The quantitative estimate of drug-likeness (QED) is 0.196. The number of hydrogen-bond donors (Lipinski definition) is 5. The topological polar surface area (TPSA) is 118 Å². The molecule has 58 valence electrons. The molecule has 0 saturated carbocycles. The zero-order valence-corrected chi connectivity index (χ0v) is 4.72. The van der Waals surface area contributed by atoms with Gasteiger partial charge < -0.3 is 24.3 Å². The van der Waals surface area contributed by atoms with Crippen molar-refractivity contribution in [3.63, 3.8) is 0 Å². The fourth-order valence-electron chi connectivity index (χ4n) is 0. The van der Waals surface area contributed by atoms with Crippen LogP contribution in [0.2, 0.25) is 0 Å². The van der Waals surface area contributed by atoms with Gasteiger partial charge in [-0.25, -0.2) is 0 Å². The van der Waals surface area contributed by atoms with Gasteiger partial charge in [-0.3, -0.25) is 4.79 Å². The predicted octanol–water partition coefficient (Wildman–Crippen LogP) is -4.74. The molecular weight excluding hydrogens is 186 g/mol. The van der Waals surface area contributed by atoms with E-state index in [0.29, 0.717) is 0 Å². The summed E-state index contributed by atoms with van der Waals surface area (Å²) < 4.78 is 0. The Morgan fingerprint density at radius 3 is 1.10 bits per heavy atom. The van der Waals surface area contributed by atoms with Crippen molar-refractivity contribution in [3.8, 4) is 0 Å². The molecule has 0 rings (SSSR count). The molecule has 6 nitrogen and oxygen atoms in total. The molecule has 0 aliphatic carbocycles. The zero-order valence-electron chi connectivity index (χ0n) is 3.72. The van der Waals surface area contributed by atoms with E-state index < -0.39 is 9.05 Å². The van der Waals surface area contributed by atoms with Crippen molar-refractivity contribution in [1.29, 1.82) is 0 Å². The van der Waals surface area contributed by atoms with Crippen LogP contribution in [-0.4, -0.2) is 86.7 Å². The van der Waals surface area contributed by atoms with Crippen molar-refractivity contribution in [2.75, 3.05) is 0 Å². The molecule has 0 saturated heterocycles. The van der Waals surface area contributed by atoms with E-state index in [1.54, 1.807) is 0 Å². The monoisotopic (exact) mass is 196 g/mol. The van der Waals surface area contributed by atoms with Crippen LogP contribution >= 0.6 is 0 Å². The predicted molar refractivity (Wildman–Crippen MR) is 40.4 cm³/mol. The van der Waals surface area contributed by atoms with Crippen LogP contribution in [0.5, 0.6) is 0 Å². The molecule has 0 aromatic carbocycles. The molecule has 0 unspecified atom stereocenters. The molecule has 0 amide bonds. The van der Waals surface area contributed by atoms with Crippen LogP contribution in [0.25, 0.3) is 0 Å².